The summed E-state index contributed by atoms with van der Waals surface area (Å²) >= 11 is 5.92. The molecular weight excluding hydrogens is 276 g/mol. The number of rotatable bonds is 4. The van der Waals surface area contributed by atoms with Crippen LogP contribution in [-0.4, -0.2) is 22.2 Å². The number of aryl methyl sites for hydroxylation is 3. The average molecular weight is 293 g/mol. The zero-order valence-electron chi connectivity index (χ0n) is 11.7. The Hall–Kier alpha value is -2.01. The van der Waals surface area contributed by atoms with Crippen LogP contribution in [0.15, 0.2) is 24.4 Å². The predicted molar refractivity (Wildman–Crippen MR) is 81.3 cm³/mol. The van der Waals surface area contributed by atoms with Crippen LogP contribution in [0.1, 0.15) is 11.3 Å². The fourth-order valence-electron chi connectivity index (χ4n) is 1.87. The highest BCUT2D eigenvalue weighted by Crippen LogP contribution is 2.20. The third-order valence-electron chi connectivity index (χ3n) is 2.93. The Morgan fingerprint density at radius 3 is 2.75 bits per heavy atom. The lowest BCUT2D eigenvalue weighted by Crippen LogP contribution is -2.22. The fraction of sp³-hybridized carbons (Fsp3) is 0.286. The van der Waals surface area contributed by atoms with E-state index in [9.17, 15) is 4.79 Å². The topological polar surface area (TPSA) is 59.0 Å². The highest BCUT2D eigenvalue weighted by molar-refractivity contribution is 6.31. The summed E-state index contributed by atoms with van der Waals surface area (Å²) in [5.74, 6) is -0.126. The molecule has 0 aliphatic heterocycles. The number of nitrogens with one attached hydrogen (secondary N) is 2. The molecular formula is C14H17ClN4O. The van der Waals surface area contributed by atoms with Crippen LogP contribution in [0.25, 0.3) is 0 Å². The molecule has 0 saturated heterocycles. The van der Waals surface area contributed by atoms with Crippen molar-refractivity contribution < 1.29 is 4.79 Å². The molecule has 2 aromatic rings. The van der Waals surface area contributed by atoms with Gasteiger partial charge in [0.05, 0.1) is 17.9 Å². The van der Waals surface area contributed by atoms with Gasteiger partial charge in [0.2, 0.25) is 5.91 Å². The number of nitrogens with zero attached hydrogens (tertiary/aromatic N) is 2. The first kappa shape index (κ1) is 14.4. The Kier molecular flexibility index (Phi) is 4.29. The van der Waals surface area contributed by atoms with Crippen LogP contribution >= 0.6 is 11.6 Å². The minimum atomic E-state index is -0.126. The van der Waals surface area contributed by atoms with Gasteiger partial charge in [0.15, 0.2) is 0 Å². The molecule has 1 aromatic carbocycles. The molecule has 0 aliphatic rings. The van der Waals surface area contributed by atoms with Crippen molar-refractivity contribution in [3.8, 4) is 0 Å². The van der Waals surface area contributed by atoms with Gasteiger partial charge in [-0.2, -0.15) is 5.10 Å². The molecule has 0 fully saturated rings. The Bertz CT molecular complexity index is 636. The Balaban J connectivity index is 1.96. The Morgan fingerprint density at radius 1 is 1.35 bits per heavy atom. The summed E-state index contributed by atoms with van der Waals surface area (Å²) < 4.78 is 1.71. The molecule has 1 amide bonds. The Morgan fingerprint density at radius 2 is 2.10 bits per heavy atom. The van der Waals surface area contributed by atoms with Crippen molar-refractivity contribution in [2.75, 3.05) is 17.2 Å². The molecule has 0 unspecified atom stereocenters. The maximum absolute atomic E-state index is 11.9. The van der Waals surface area contributed by atoms with Crippen LogP contribution in [0.5, 0.6) is 0 Å². The predicted octanol–water partition coefficient (Wildman–Crippen LogP) is 2.74. The van der Waals surface area contributed by atoms with Gasteiger partial charge in [0, 0.05) is 24.0 Å². The molecule has 5 nitrogen and oxygen atoms in total. The molecule has 0 aliphatic carbocycles. The monoisotopic (exact) mass is 292 g/mol. The van der Waals surface area contributed by atoms with Gasteiger partial charge in [-0.15, -0.1) is 0 Å². The van der Waals surface area contributed by atoms with Crippen LogP contribution in [0, 0.1) is 13.8 Å². The number of halogens is 1. The molecule has 0 saturated carbocycles. The van der Waals surface area contributed by atoms with E-state index in [1.165, 1.54) is 0 Å². The molecule has 2 rings (SSSR count). The summed E-state index contributed by atoms with van der Waals surface area (Å²) in [5, 5.41) is 10.7. The molecule has 0 radical (unpaired) electrons. The van der Waals surface area contributed by atoms with Crippen LogP contribution in [0.3, 0.4) is 0 Å². The van der Waals surface area contributed by atoms with Crippen molar-refractivity contribution in [2.45, 2.75) is 13.8 Å². The van der Waals surface area contributed by atoms with E-state index in [0.717, 1.165) is 22.6 Å². The average Bonchev–Trinajstić information content (AvgIpc) is 2.70. The van der Waals surface area contributed by atoms with E-state index < -0.39 is 0 Å². The van der Waals surface area contributed by atoms with Gasteiger partial charge >= 0.3 is 0 Å². The summed E-state index contributed by atoms with van der Waals surface area (Å²) in [7, 11) is 1.84. The molecule has 0 bridgehead atoms. The largest absolute Gasteiger partial charge is 0.373 e. The highest BCUT2D eigenvalue weighted by Gasteiger charge is 2.07. The molecule has 1 heterocycles. The molecule has 6 heteroatoms. The van der Waals surface area contributed by atoms with E-state index in [1.807, 2.05) is 33.2 Å². The minimum absolute atomic E-state index is 0.126. The lowest BCUT2D eigenvalue weighted by molar-refractivity contribution is -0.114. The summed E-state index contributed by atoms with van der Waals surface area (Å²) in [5.41, 5.74) is 3.41. The normalized spacial score (nSPS) is 10.4. The summed E-state index contributed by atoms with van der Waals surface area (Å²) in [6, 6.07) is 5.41. The van der Waals surface area contributed by atoms with Crippen molar-refractivity contribution in [1.82, 2.24) is 9.78 Å². The molecule has 106 valence electrons. The fourth-order valence-corrected chi connectivity index (χ4v) is 2.04. The highest BCUT2D eigenvalue weighted by atomic mass is 35.5. The molecule has 20 heavy (non-hydrogen) atoms. The van der Waals surface area contributed by atoms with Crippen LogP contribution in [0.2, 0.25) is 5.02 Å². The first-order chi connectivity index (χ1) is 9.45. The number of carbonyl (C=O) groups is 1. The quantitative estimate of drug-likeness (QED) is 0.911. The molecule has 0 atom stereocenters. The molecule has 2 N–H and O–H groups in total. The van der Waals surface area contributed by atoms with Gasteiger partial charge in [-0.3, -0.25) is 9.48 Å². The number of hydrogen-bond acceptors (Lipinski definition) is 3. The number of carbonyl (C=O) groups excluding carboxylic acids is 1. The van der Waals surface area contributed by atoms with E-state index in [0.29, 0.717) is 5.02 Å². The first-order valence-electron chi connectivity index (χ1n) is 6.26. The molecule has 1 aromatic heterocycles. The SMILES string of the molecule is Cc1ccc(Cl)cc1NC(=O)CNc1cn(C)nc1C. The zero-order chi connectivity index (χ0) is 14.7. The van der Waals surface area contributed by atoms with Crippen molar-refractivity contribution in [2.24, 2.45) is 7.05 Å². The first-order valence-corrected chi connectivity index (χ1v) is 6.63. The maximum Gasteiger partial charge on any atom is 0.243 e. The van der Waals surface area contributed by atoms with Gasteiger partial charge in [0.25, 0.3) is 0 Å². The summed E-state index contributed by atoms with van der Waals surface area (Å²) in [4.78, 5) is 11.9. The van der Waals surface area contributed by atoms with Crippen molar-refractivity contribution >= 4 is 28.9 Å². The lowest BCUT2D eigenvalue weighted by atomic mass is 10.2. The van der Waals surface area contributed by atoms with E-state index in [4.69, 9.17) is 11.6 Å². The van der Waals surface area contributed by atoms with Gasteiger partial charge in [-0.25, -0.2) is 0 Å². The standard InChI is InChI=1S/C14H17ClN4O/c1-9-4-5-11(15)6-12(9)17-14(20)7-16-13-8-19(3)18-10(13)2/h4-6,8,16H,7H2,1-3H3,(H,17,20). The second kappa shape index (κ2) is 5.96. The van der Waals surface area contributed by atoms with Crippen LogP contribution in [-0.2, 0) is 11.8 Å². The van der Waals surface area contributed by atoms with Crippen molar-refractivity contribution in [1.29, 1.82) is 0 Å². The number of hydrogen-bond donors (Lipinski definition) is 2. The number of anilines is 2. The van der Waals surface area contributed by atoms with E-state index in [-0.39, 0.29) is 12.5 Å². The van der Waals surface area contributed by atoms with E-state index in [1.54, 1.807) is 16.8 Å². The molecule has 0 spiro atoms. The van der Waals surface area contributed by atoms with E-state index >= 15 is 0 Å². The second-order valence-corrected chi connectivity index (χ2v) is 5.10. The van der Waals surface area contributed by atoms with E-state index in [2.05, 4.69) is 15.7 Å². The van der Waals surface area contributed by atoms with Crippen molar-refractivity contribution in [3.05, 3.63) is 40.7 Å². The van der Waals surface area contributed by atoms with Gasteiger partial charge in [0.1, 0.15) is 0 Å². The van der Waals surface area contributed by atoms with Gasteiger partial charge < -0.3 is 10.6 Å². The third kappa shape index (κ3) is 3.51. The lowest BCUT2D eigenvalue weighted by Gasteiger charge is -2.09. The minimum Gasteiger partial charge on any atom is -0.373 e. The Labute approximate surface area is 122 Å². The number of aromatic nitrogens is 2. The zero-order valence-corrected chi connectivity index (χ0v) is 12.5. The summed E-state index contributed by atoms with van der Waals surface area (Å²) in [6.07, 6.45) is 1.84. The van der Waals surface area contributed by atoms with Gasteiger partial charge in [-0.05, 0) is 31.5 Å². The second-order valence-electron chi connectivity index (χ2n) is 4.66. The summed E-state index contributed by atoms with van der Waals surface area (Å²) in [6.45, 7) is 3.99. The maximum atomic E-state index is 11.9. The van der Waals surface area contributed by atoms with Gasteiger partial charge in [-0.1, -0.05) is 17.7 Å². The van der Waals surface area contributed by atoms with Crippen LogP contribution < -0.4 is 10.6 Å². The number of benzene rings is 1. The smallest absolute Gasteiger partial charge is 0.243 e. The van der Waals surface area contributed by atoms with Crippen LogP contribution in [0.4, 0.5) is 11.4 Å². The third-order valence-corrected chi connectivity index (χ3v) is 3.16. The van der Waals surface area contributed by atoms with Crippen molar-refractivity contribution in [3.63, 3.8) is 0 Å². The number of amides is 1.